The molecule has 0 aliphatic heterocycles. The van der Waals surface area contributed by atoms with E-state index in [4.69, 9.17) is 0 Å². The van der Waals surface area contributed by atoms with E-state index in [1.165, 1.54) is 6.92 Å². The van der Waals surface area contributed by atoms with E-state index in [0.29, 0.717) is 0 Å². The fourth-order valence-corrected chi connectivity index (χ4v) is 0.430. The first kappa shape index (κ1) is 9.68. The molecular formula is C5H8F2O2S. The van der Waals surface area contributed by atoms with Crippen molar-refractivity contribution in [3.8, 4) is 0 Å². The first-order chi connectivity index (χ1) is 4.54. The number of ether oxygens (including phenoxy) is 1. The lowest BCUT2D eigenvalue weighted by molar-refractivity contribution is -0.167. The van der Waals surface area contributed by atoms with Crippen LogP contribution in [0.1, 0.15) is 6.92 Å². The van der Waals surface area contributed by atoms with Crippen LogP contribution in [0.15, 0.2) is 0 Å². The number of rotatable bonds is 3. The van der Waals surface area contributed by atoms with Gasteiger partial charge >= 0.3 is 11.9 Å². The summed E-state index contributed by atoms with van der Waals surface area (Å²) in [5.41, 5.74) is 0. The third-order valence-corrected chi connectivity index (χ3v) is 1.17. The fraction of sp³-hybridized carbons (Fsp3) is 0.800. The highest BCUT2D eigenvalue weighted by Crippen LogP contribution is 2.16. The minimum Gasteiger partial charge on any atom is -0.462 e. The number of thiol groups is 1. The first-order valence-corrected chi connectivity index (χ1v) is 3.33. The van der Waals surface area contributed by atoms with Gasteiger partial charge in [0.05, 0.1) is 12.4 Å². The number of esters is 1. The molecule has 60 valence electrons. The molecular weight excluding hydrogens is 162 g/mol. The Balaban J connectivity index is 3.91. The van der Waals surface area contributed by atoms with E-state index in [1.54, 1.807) is 0 Å². The van der Waals surface area contributed by atoms with Crippen LogP contribution < -0.4 is 0 Å². The highest BCUT2D eigenvalue weighted by molar-refractivity contribution is 7.80. The standard InChI is InChI=1S/C5H8F2O2S/c1-2-9-4(8)5(6,7)3-10/h10H,2-3H2,1H3. The van der Waals surface area contributed by atoms with Crippen molar-refractivity contribution in [3.05, 3.63) is 0 Å². The highest BCUT2D eigenvalue weighted by Gasteiger charge is 2.38. The van der Waals surface area contributed by atoms with Gasteiger partial charge in [0.15, 0.2) is 0 Å². The lowest BCUT2D eigenvalue weighted by Crippen LogP contribution is -2.32. The molecule has 0 saturated heterocycles. The molecule has 2 nitrogen and oxygen atoms in total. The minimum absolute atomic E-state index is 0.0395. The van der Waals surface area contributed by atoms with Crippen molar-refractivity contribution in [2.24, 2.45) is 0 Å². The highest BCUT2D eigenvalue weighted by atomic mass is 32.1. The summed E-state index contributed by atoms with van der Waals surface area (Å²) in [5.74, 6) is -5.77. The number of alkyl halides is 2. The van der Waals surface area contributed by atoms with Crippen LogP contribution in [-0.2, 0) is 9.53 Å². The van der Waals surface area contributed by atoms with Crippen LogP contribution in [-0.4, -0.2) is 24.3 Å². The van der Waals surface area contributed by atoms with Crippen LogP contribution >= 0.6 is 12.6 Å². The van der Waals surface area contributed by atoms with Crippen LogP contribution in [0, 0.1) is 0 Å². The predicted octanol–water partition coefficient (Wildman–Crippen LogP) is 1.11. The average Bonchev–Trinajstić information content (AvgIpc) is 1.89. The molecule has 0 aromatic carbocycles. The Labute approximate surface area is 63.0 Å². The van der Waals surface area contributed by atoms with Crippen LogP contribution in [0.4, 0.5) is 8.78 Å². The molecule has 0 saturated carbocycles. The van der Waals surface area contributed by atoms with E-state index in [9.17, 15) is 13.6 Å². The Morgan fingerprint density at radius 1 is 1.70 bits per heavy atom. The third-order valence-electron chi connectivity index (χ3n) is 0.773. The molecule has 0 aliphatic carbocycles. The number of carbonyl (C=O) groups is 1. The normalized spacial score (nSPS) is 11.2. The van der Waals surface area contributed by atoms with Gasteiger partial charge in [0.2, 0.25) is 0 Å². The summed E-state index contributed by atoms with van der Waals surface area (Å²) in [5, 5.41) is 0. The third kappa shape index (κ3) is 2.51. The van der Waals surface area contributed by atoms with E-state index in [2.05, 4.69) is 17.4 Å². The number of hydrogen-bond acceptors (Lipinski definition) is 3. The zero-order valence-corrected chi connectivity index (χ0v) is 6.33. The predicted molar refractivity (Wildman–Crippen MR) is 35.4 cm³/mol. The number of halogens is 2. The molecule has 0 N–H and O–H groups in total. The Kier molecular flexibility index (Phi) is 3.63. The molecule has 5 heteroatoms. The molecule has 0 aromatic heterocycles. The monoisotopic (exact) mass is 170 g/mol. The molecule has 0 radical (unpaired) electrons. The second-order valence-electron chi connectivity index (χ2n) is 1.58. The maximum absolute atomic E-state index is 12.2. The van der Waals surface area contributed by atoms with Crippen molar-refractivity contribution < 1.29 is 18.3 Å². The summed E-state index contributed by atoms with van der Waals surface area (Å²) in [6, 6.07) is 0. The second-order valence-corrected chi connectivity index (χ2v) is 1.90. The van der Waals surface area contributed by atoms with Gasteiger partial charge in [0.1, 0.15) is 0 Å². The molecule has 0 rings (SSSR count). The largest absolute Gasteiger partial charge is 0.462 e. The minimum atomic E-state index is -3.45. The molecule has 0 aliphatic rings. The molecule has 0 spiro atoms. The van der Waals surface area contributed by atoms with Gasteiger partial charge in [-0.1, -0.05) is 0 Å². The summed E-state index contributed by atoms with van der Waals surface area (Å²) in [6.07, 6.45) is 0. The molecule has 0 aromatic rings. The quantitative estimate of drug-likeness (QED) is 0.507. The van der Waals surface area contributed by atoms with Crippen LogP contribution in [0.25, 0.3) is 0 Å². The van der Waals surface area contributed by atoms with Crippen molar-refractivity contribution in [3.63, 3.8) is 0 Å². The summed E-state index contributed by atoms with van der Waals surface area (Å²) < 4.78 is 28.4. The summed E-state index contributed by atoms with van der Waals surface area (Å²) in [4.78, 5) is 10.3. The van der Waals surface area contributed by atoms with E-state index >= 15 is 0 Å². The molecule has 10 heavy (non-hydrogen) atoms. The van der Waals surface area contributed by atoms with Crippen molar-refractivity contribution in [1.29, 1.82) is 0 Å². The zero-order valence-electron chi connectivity index (χ0n) is 5.43. The maximum Gasteiger partial charge on any atom is 0.377 e. The van der Waals surface area contributed by atoms with Crippen LogP contribution in [0.5, 0.6) is 0 Å². The van der Waals surface area contributed by atoms with Crippen molar-refractivity contribution in [1.82, 2.24) is 0 Å². The topological polar surface area (TPSA) is 26.3 Å². The Hall–Kier alpha value is -0.320. The molecule has 0 amide bonds. The van der Waals surface area contributed by atoms with Crippen LogP contribution in [0.2, 0.25) is 0 Å². The molecule has 0 heterocycles. The number of hydrogen-bond donors (Lipinski definition) is 1. The van der Waals surface area contributed by atoms with Gasteiger partial charge < -0.3 is 4.74 Å². The van der Waals surface area contributed by atoms with Crippen LogP contribution in [0.3, 0.4) is 0 Å². The summed E-state index contributed by atoms with van der Waals surface area (Å²) >= 11 is 3.28. The van der Waals surface area contributed by atoms with E-state index < -0.39 is 17.6 Å². The van der Waals surface area contributed by atoms with Gasteiger partial charge in [-0.15, -0.1) is 0 Å². The van der Waals surface area contributed by atoms with E-state index in [1.807, 2.05) is 0 Å². The van der Waals surface area contributed by atoms with Gasteiger partial charge in [-0.3, -0.25) is 0 Å². The second kappa shape index (κ2) is 3.75. The average molecular weight is 170 g/mol. The molecule has 0 fully saturated rings. The zero-order chi connectivity index (χ0) is 8.20. The SMILES string of the molecule is CCOC(=O)C(F)(F)CS. The van der Waals surface area contributed by atoms with Gasteiger partial charge in [-0.2, -0.15) is 21.4 Å². The maximum atomic E-state index is 12.2. The van der Waals surface area contributed by atoms with Crippen molar-refractivity contribution in [2.45, 2.75) is 12.8 Å². The Morgan fingerprint density at radius 3 is 2.50 bits per heavy atom. The van der Waals surface area contributed by atoms with E-state index in [0.717, 1.165) is 0 Å². The summed E-state index contributed by atoms with van der Waals surface area (Å²) in [6.45, 7) is 1.43. The smallest absolute Gasteiger partial charge is 0.377 e. The fourth-order valence-electron chi connectivity index (χ4n) is 0.301. The summed E-state index contributed by atoms with van der Waals surface area (Å²) in [7, 11) is 0. The molecule has 0 bridgehead atoms. The van der Waals surface area contributed by atoms with Crippen molar-refractivity contribution >= 4 is 18.6 Å². The lowest BCUT2D eigenvalue weighted by Gasteiger charge is -2.10. The lowest BCUT2D eigenvalue weighted by atomic mass is 10.4. The van der Waals surface area contributed by atoms with Gasteiger partial charge in [-0.05, 0) is 6.92 Å². The molecule has 0 unspecified atom stereocenters. The Morgan fingerprint density at radius 2 is 2.20 bits per heavy atom. The van der Waals surface area contributed by atoms with Gasteiger partial charge in [-0.25, -0.2) is 4.79 Å². The number of carbonyl (C=O) groups excluding carboxylic acids is 1. The Bertz CT molecular complexity index is 127. The van der Waals surface area contributed by atoms with Gasteiger partial charge in [0.25, 0.3) is 0 Å². The van der Waals surface area contributed by atoms with Crippen molar-refractivity contribution in [2.75, 3.05) is 12.4 Å². The first-order valence-electron chi connectivity index (χ1n) is 2.70. The van der Waals surface area contributed by atoms with E-state index in [-0.39, 0.29) is 6.61 Å². The molecule has 0 atom stereocenters. The van der Waals surface area contributed by atoms with Gasteiger partial charge in [0, 0.05) is 0 Å².